The van der Waals surface area contributed by atoms with Crippen molar-refractivity contribution in [1.82, 2.24) is 10.7 Å². The second kappa shape index (κ2) is 3.40. The van der Waals surface area contributed by atoms with Gasteiger partial charge in [-0.05, 0) is 30.1 Å². The van der Waals surface area contributed by atoms with Crippen molar-refractivity contribution in [3.63, 3.8) is 0 Å². The molecule has 0 bridgehead atoms. The Morgan fingerprint density at radius 2 is 1.75 bits per heavy atom. The summed E-state index contributed by atoms with van der Waals surface area (Å²) in [5, 5.41) is 0.437. The molecule has 0 atom stereocenters. The average Bonchev–Trinajstić information content (AvgIpc) is 2.05. The van der Waals surface area contributed by atoms with Crippen molar-refractivity contribution in [2.75, 3.05) is 0 Å². The zero-order valence-electron chi connectivity index (χ0n) is 5.86. The first kappa shape index (κ1) is 9.47. The quantitative estimate of drug-likeness (QED) is 0.717. The first-order chi connectivity index (χ1) is 5.56. The molecule has 1 N–H and O–H groups in total. The minimum absolute atomic E-state index is 0.0330. The number of benzene rings is 1. The van der Waals surface area contributed by atoms with Crippen LogP contribution in [0.15, 0.2) is 29.2 Å². The molecule has 2 radical (unpaired) electrons. The molecule has 0 aliphatic heterocycles. The molecule has 12 heavy (non-hydrogen) atoms. The van der Waals surface area contributed by atoms with Crippen LogP contribution in [0.5, 0.6) is 0 Å². The number of hydrogen-bond acceptors (Lipinski definition) is 2. The van der Waals surface area contributed by atoms with Crippen LogP contribution in [-0.2, 0) is 10.0 Å². The highest BCUT2D eigenvalue weighted by Gasteiger charge is 2.10. The van der Waals surface area contributed by atoms with Crippen LogP contribution in [0.4, 0.5) is 0 Å². The molecule has 0 fully saturated rings. The molecule has 1 aromatic rings. The topological polar surface area (TPSA) is 68.5 Å². The van der Waals surface area contributed by atoms with Crippen LogP contribution in [0.2, 0.25) is 5.02 Å². The van der Waals surface area contributed by atoms with E-state index in [2.05, 4.69) is 0 Å². The standard InChI is InChI=1S/C6H5ClN2O2S/c7-5-1-3-6(4-2-5)12(10,11)9-8/h1-4,9H. The molecule has 4 nitrogen and oxygen atoms in total. The maximum atomic E-state index is 10.9. The predicted octanol–water partition coefficient (Wildman–Crippen LogP) is 0.602. The molecule has 64 valence electrons. The smallest absolute Gasteiger partial charge is 0.206 e. The molecule has 0 amide bonds. The van der Waals surface area contributed by atoms with Gasteiger partial charge in [-0.1, -0.05) is 11.6 Å². The van der Waals surface area contributed by atoms with Crippen LogP contribution in [0.1, 0.15) is 0 Å². The number of nitrogens with one attached hydrogen (secondary N) is 1. The van der Waals surface area contributed by atoms with Gasteiger partial charge < -0.3 is 0 Å². The van der Waals surface area contributed by atoms with Crippen molar-refractivity contribution >= 4 is 21.6 Å². The summed E-state index contributed by atoms with van der Waals surface area (Å²) in [6.45, 7) is 0. The second-order valence-corrected chi connectivity index (χ2v) is 4.15. The normalized spacial score (nSPS) is 11.5. The summed E-state index contributed by atoms with van der Waals surface area (Å²) in [5.74, 6) is 8.25. The summed E-state index contributed by atoms with van der Waals surface area (Å²) in [5.41, 5.74) is 0. The van der Waals surface area contributed by atoms with E-state index in [4.69, 9.17) is 17.4 Å². The Hall–Kier alpha value is -0.620. The van der Waals surface area contributed by atoms with Gasteiger partial charge in [0.15, 0.2) is 0 Å². The zero-order valence-corrected chi connectivity index (χ0v) is 7.43. The van der Waals surface area contributed by atoms with E-state index in [0.29, 0.717) is 5.02 Å². The maximum Gasteiger partial charge on any atom is 0.255 e. The zero-order chi connectivity index (χ0) is 9.19. The van der Waals surface area contributed by atoms with Crippen LogP contribution < -0.4 is 10.7 Å². The Balaban J connectivity index is 3.14. The summed E-state index contributed by atoms with van der Waals surface area (Å²) in [7, 11) is -3.77. The van der Waals surface area contributed by atoms with E-state index in [-0.39, 0.29) is 4.90 Å². The largest absolute Gasteiger partial charge is 0.255 e. The van der Waals surface area contributed by atoms with Crippen LogP contribution in [0.25, 0.3) is 0 Å². The van der Waals surface area contributed by atoms with E-state index in [1.807, 2.05) is 0 Å². The molecule has 1 aromatic carbocycles. The monoisotopic (exact) mass is 204 g/mol. The maximum absolute atomic E-state index is 10.9. The van der Waals surface area contributed by atoms with Gasteiger partial charge in [0, 0.05) is 5.02 Å². The third-order valence-electron chi connectivity index (χ3n) is 1.24. The van der Waals surface area contributed by atoms with Crippen molar-refractivity contribution in [1.29, 1.82) is 0 Å². The fraction of sp³-hybridized carbons (Fsp3) is 0. The summed E-state index contributed by atoms with van der Waals surface area (Å²) in [4.78, 5) is 1.17. The fourth-order valence-corrected chi connectivity index (χ4v) is 1.39. The molecule has 0 aliphatic rings. The summed E-state index contributed by atoms with van der Waals surface area (Å²) < 4.78 is 21.8. The predicted molar refractivity (Wildman–Crippen MR) is 43.9 cm³/mol. The van der Waals surface area contributed by atoms with Gasteiger partial charge in [-0.3, -0.25) is 0 Å². The molecule has 6 heteroatoms. The Morgan fingerprint density at radius 1 is 1.25 bits per heavy atom. The first-order valence-corrected chi connectivity index (χ1v) is 4.84. The molecule has 0 spiro atoms. The molecular formula is C6H5ClN2O2S. The summed E-state index contributed by atoms with van der Waals surface area (Å²) >= 11 is 5.53. The van der Waals surface area contributed by atoms with Gasteiger partial charge in [-0.25, -0.2) is 8.42 Å². The highest BCUT2D eigenvalue weighted by molar-refractivity contribution is 7.89. The van der Waals surface area contributed by atoms with Crippen molar-refractivity contribution in [2.24, 2.45) is 0 Å². The molecule has 0 heterocycles. The summed E-state index contributed by atoms with van der Waals surface area (Å²) in [6, 6.07) is 5.43. The van der Waals surface area contributed by atoms with Gasteiger partial charge >= 0.3 is 0 Å². The molecule has 1 rings (SSSR count). The lowest BCUT2D eigenvalue weighted by atomic mass is 10.4. The Kier molecular flexibility index (Phi) is 2.69. The first-order valence-electron chi connectivity index (χ1n) is 2.98. The van der Waals surface area contributed by atoms with Crippen LogP contribution in [0.3, 0.4) is 0 Å². The van der Waals surface area contributed by atoms with Gasteiger partial charge in [0.2, 0.25) is 0 Å². The molecule has 0 aromatic heterocycles. The molecule has 0 saturated carbocycles. The Morgan fingerprint density at radius 3 is 2.17 bits per heavy atom. The van der Waals surface area contributed by atoms with E-state index in [1.165, 1.54) is 29.1 Å². The highest BCUT2D eigenvalue weighted by Crippen LogP contribution is 2.12. The van der Waals surface area contributed by atoms with Gasteiger partial charge in [-0.2, -0.15) is 0 Å². The van der Waals surface area contributed by atoms with Crippen LogP contribution in [0, 0.1) is 0 Å². The number of sulfonamides is 1. The minimum atomic E-state index is -3.77. The van der Waals surface area contributed by atoms with Gasteiger partial charge in [-0.15, -0.1) is 4.83 Å². The summed E-state index contributed by atoms with van der Waals surface area (Å²) in [6.07, 6.45) is 0. The molecular weight excluding hydrogens is 200 g/mol. The van der Waals surface area contributed by atoms with E-state index in [0.717, 1.165) is 0 Å². The average molecular weight is 205 g/mol. The Labute approximate surface area is 75.4 Å². The van der Waals surface area contributed by atoms with Crippen molar-refractivity contribution in [3.8, 4) is 0 Å². The van der Waals surface area contributed by atoms with Gasteiger partial charge in [0.05, 0.1) is 4.90 Å². The molecule has 0 unspecified atom stereocenters. The fourth-order valence-electron chi connectivity index (χ4n) is 0.666. The minimum Gasteiger partial charge on any atom is -0.206 e. The van der Waals surface area contributed by atoms with E-state index >= 15 is 0 Å². The van der Waals surface area contributed by atoms with E-state index < -0.39 is 10.0 Å². The lowest BCUT2D eigenvalue weighted by Crippen LogP contribution is -2.21. The van der Waals surface area contributed by atoms with Gasteiger partial charge in [0.1, 0.15) is 0 Å². The molecule has 0 aliphatic carbocycles. The highest BCUT2D eigenvalue weighted by atomic mass is 35.5. The van der Waals surface area contributed by atoms with Crippen molar-refractivity contribution < 1.29 is 8.42 Å². The van der Waals surface area contributed by atoms with E-state index in [9.17, 15) is 8.42 Å². The third-order valence-corrected chi connectivity index (χ3v) is 2.63. The molecule has 0 saturated heterocycles. The lowest BCUT2D eigenvalue weighted by molar-refractivity contribution is 0.582. The number of rotatable bonds is 2. The van der Waals surface area contributed by atoms with Crippen molar-refractivity contribution in [3.05, 3.63) is 29.3 Å². The number of halogens is 1. The number of nitrogens with zero attached hydrogens (tertiary/aromatic N) is 1. The van der Waals surface area contributed by atoms with Crippen molar-refractivity contribution in [2.45, 2.75) is 4.90 Å². The van der Waals surface area contributed by atoms with Crippen LogP contribution in [-0.4, -0.2) is 8.42 Å². The number of hydrogen-bond donors (Lipinski definition) is 1. The van der Waals surface area contributed by atoms with E-state index in [1.54, 1.807) is 0 Å². The SMILES string of the molecule is [N]NS(=O)(=O)c1ccc(Cl)cc1. The Bertz CT molecular complexity index is 360. The lowest BCUT2D eigenvalue weighted by Gasteiger charge is -1.98. The second-order valence-electron chi connectivity index (χ2n) is 2.05. The van der Waals surface area contributed by atoms with Crippen LogP contribution >= 0.6 is 11.6 Å². The third kappa shape index (κ3) is 1.95. The van der Waals surface area contributed by atoms with Gasteiger partial charge in [0.25, 0.3) is 10.0 Å².